The van der Waals surface area contributed by atoms with Crippen molar-refractivity contribution < 1.29 is 9.59 Å². The van der Waals surface area contributed by atoms with Crippen molar-refractivity contribution in [2.75, 3.05) is 13.1 Å². The van der Waals surface area contributed by atoms with Gasteiger partial charge in [-0.2, -0.15) is 0 Å². The van der Waals surface area contributed by atoms with Gasteiger partial charge in [-0.05, 0) is 36.9 Å². The van der Waals surface area contributed by atoms with Gasteiger partial charge in [0.2, 0.25) is 0 Å². The second kappa shape index (κ2) is 4.67. The third kappa shape index (κ3) is 1.79. The number of imide groups is 1. The van der Waals surface area contributed by atoms with E-state index in [1.807, 2.05) is 36.4 Å². The van der Waals surface area contributed by atoms with Crippen molar-refractivity contribution in [1.29, 1.82) is 0 Å². The van der Waals surface area contributed by atoms with E-state index < -0.39 is 0 Å². The monoisotopic (exact) mass is 280 g/mol. The normalized spacial score (nSPS) is 21.9. The summed E-state index contributed by atoms with van der Waals surface area (Å²) in [7, 11) is 0. The van der Waals surface area contributed by atoms with Crippen LogP contribution in [-0.2, 0) is 0 Å². The average Bonchev–Trinajstić information content (AvgIpc) is 2.54. The Morgan fingerprint density at radius 1 is 1.00 bits per heavy atom. The summed E-state index contributed by atoms with van der Waals surface area (Å²) in [6.45, 7) is 1.65. The van der Waals surface area contributed by atoms with Crippen LogP contribution >= 0.6 is 0 Å². The SMILES string of the molecule is O=C1c2cccc3cccc(c23)C(=O)N1C1CCCNC1. The highest BCUT2D eigenvalue weighted by atomic mass is 16.2. The van der Waals surface area contributed by atoms with Gasteiger partial charge in [0, 0.05) is 23.1 Å². The average molecular weight is 280 g/mol. The van der Waals surface area contributed by atoms with E-state index in [1.165, 1.54) is 4.90 Å². The van der Waals surface area contributed by atoms with Crippen LogP contribution in [0.25, 0.3) is 10.8 Å². The van der Waals surface area contributed by atoms with Crippen LogP contribution < -0.4 is 5.32 Å². The smallest absolute Gasteiger partial charge is 0.261 e. The van der Waals surface area contributed by atoms with Crippen LogP contribution in [-0.4, -0.2) is 35.8 Å². The molecule has 2 aromatic rings. The van der Waals surface area contributed by atoms with Gasteiger partial charge in [-0.15, -0.1) is 0 Å². The van der Waals surface area contributed by atoms with Crippen LogP contribution in [0, 0.1) is 0 Å². The Morgan fingerprint density at radius 3 is 2.24 bits per heavy atom. The number of amides is 2. The maximum atomic E-state index is 12.8. The molecule has 1 fully saturated rings. The van der Waals surface area contributed by atoms with Gasteiger partial charge in [0.15, 0.2) is 0 Å². The van der Waals surface area contributed by atoms with Gasteiger partial charge in [0.05, 0.1) is 6.04 Å². The summed E-state index contributed by atoms with van der Waals surface area (Å²) in [4.78, 5) is 27.0. The molecule has 1 saturated heterocycles. The van der Waals surface area contributed by atoms with E-state index in [4.69, 9.17) is 0 Å². The number of hydrogen-bond acceptors (Lipinski definition) is 3. The third-order valence-corrected chi connectivity index (χ3v) is 4.44. The number of hydrogen-bond donors (Lipinski definition) is 1. The number of piperidine rings is 1. The van der Waals surface area contributed by atoms with Crippen LogP contribution in [0.3, 0.4) is 0 Å². The predicted octanol–water partition coefficient (Wildman–Crippen LogP) is 2.19. The molecule has 4 heteroatoms. The van der Waals surface area contributed by atoms with Crippen LogP contribution in [0.2, 0.25) is 0 Å². The van der Waals surface area contributed by atoms with Gasteiger partial charge in [0.1, 0.15) is 0 Å². The molecule has 0 aliphatic carbocycles. The Labute approximate surface area is 122 Å². The molecule has 0 bridgehead atoms. The largest absolute Gasteiger partial charge is 0.315 e. The quantitative estimate of drug-likeness (QED) is 0.815. The standard InChI is InChI=1S/C17H16N2O2/c20-16-13-7-1-4-11-5-2-8-14(15(11)13)17(21)19(16)12-6-3-9-18-10-12/h1-2,4-5,7-8,12,18H,3,6,9-10H2. The maximum absolute atomic E-state index is 12.8. The van der Waals surface area contributed by atoms with Crippen molar-refractivity contribution in [2.45, 2.75) is 18.9 Å². The van der Waals surface area contributed by atoms with Crippen LogP contribution in [0.4, 0.5) is 0 Å². The first kappa shape index (κ1) is 12.5. The summed E-state index contributed by atoms with van der Waals surface area (Å²) in [6.07, 6.45) is 1.87. The third-order valence-electron chi connectivity index (χ3n) is 4.44. The van der Waals surface area contributed by atoms with Gasteiger partial charge in [0.25, 0.3) is 11.8 Å². The van der Waals surface area contributed by atoms with E-state index in [-0.39, 0.29) is 17.9 Å². The number of carbonyl (C=O) groups excluding carboxylic acids is 2. The molecule has 4 nitrogen and oxygen atoms in total. The van der Waals surface area contributed by atoms with Crippen molar-refractivity contribution in [2.24, 2.45) is 0 Å². The molecular weight excluding hydrogens is 264 g/mol. The lowest BCUT2D eigenvalue weighted by Crippen LogP contribution is -2.52. The van der Waals surface area contributed by atoms with Gasteiger partial charge in [-0.3, -0.25) is 14.5 Å². The van der Waals surface area contributed by atoms with Crippen LogP contribution in [0.5, 0.6) is 0 Å². The lowest BCUT2D eigenvalue weighted by atomic mass is 9.92. The Bertz CT molecular complexity index is 697. The Kier molecular flexibility index (Phi) is 2.79. The zero-order valence-corrected chi connectivity index (χ0v) is 11.6. The fraction of sp³-hybridized carbons (Fsp3) is 0.294. The molecular formula is C17H16N2O2. The minimum absolute atomic E-state index is 0.0395. The highest BCUT2D eigenvalue weighted by molar-refractivity contribution is 6.25. The molecule has 2 aliphatic rings. The minimum atomic E-state index is -0.155. The summed E-state index contributed by atoms with van der Waals surface area (Å²) in [5, 5.41) is 5.03. The summed E-state index contributed by atoms with van der Waals surface area (Å²) in [5.74, 6) is -0.309. The highest BCUT2D eigenvalue weighted by Gasteiger charge is 2.37. The molecule has 2 aliphatic heterocycles. The van der Waals surface area contributed by atoms with E-state index in [1.54, 1.807) is 0 Å². The van der Waals surface area contributed by atoms with E-state index in [0.29, 0.717) is 17.7 Å². The van der Waals surface area contributed by atoms with Crippen LogP contribution in [0.1, 0.15) is 33.6 Å². The maximum Gasteiger partial charge on any atom is 0.261 e. The molecule has 0 radical (unpaired) electrons. The molecule has 1 atom stereocenters. The number of nitrogens with one attached hydrogen (secondary N) is 1. The first-order valence-electron chi connectivity index (χ1n) is 7.38. The van der Waals surface area contributed by atoms with E-state index in [2.05, 4.69) is 5.32 Å². The molecule has 4 rings (SSSR count). The summed E-state index contributed by atoms with van der Waals surface area (Å²) < 4.78 is 0. The summed E-state index contributed by atoms with van der Waals surface area (Å²) in [5.41, 5.74) is 1.29. The van der Waals surface area contributed by atoms with Crippen molar-refractivity contribution in [3.05, 3.63) is 47.5 Å². The first-order valence-corrected chi connectivity index (χ1v) is 7.38. The number of rotatable bonds is 1. The minimum Gasteiger partial charge on any atom is -0.315 e. The zero-order chi connectivity index (χ0) is 14.4. The van der Waals surface area contributed by atoms with E-state index in [0.717, 1.165) is 30.2 Å². The Morgan fingerprint density at radius 2 is 1.67 bits per heavy atom. The fourth-order valence-electron chi connectivity index (χ4n) is 3.43. The Balaban J connectivity index is 1.88. The molecule has 0 aromatic heterocycles. The molecule has 1 N–H and O–H groups in total. The molecule has 1 unspecified atom stereocenters. The number of benzene rings is 2. The van der Waals surface area contributed by atoms with Gasteiger partial charge in [-0.1, -0.05) is 24.3 Å². The second-order valence-corrected chi connectivity index (χ2v) is 5.69. The number of carbonyl (C=O) groups is 2. The molecule has 106 valence electrons. The Hall–Kier alpha value is -2.20. The molecule has 0 spiro atoms. The topological polar surface area (TPSA) is 49.4 Å². The zero-order valence-electron chi connectivity index (χ0n) is 11.6. The van der Waals surface area contributed by atoms with Gasteiger partial charge < -0.3 is 5.32 Å². The predicted molar refractivity (Wildman–Crippen MR) is 80.3 cm³/mol. The second-order valence-electron chi connectivity index (χ2n) is 5.69. The van der Waals surface area contributed by atoms with Crippen molar-refractivity contribution in [3.8, 4) is 0 Å². The van der Waals surface area contributed by atoms with E-state index in [9.17, 15) is 9.59 Å². The van der Waals surface area contributed by atoms with Gasteiger partial charge >= 0.3 is 0 Å². The lowest BCUT2D eigenvalue weighted by molar-refractivity contribution is 0.0515. The summed E-state index contributed by atoms with van der Waals surface area (Å²) >= 11 is 0. The van der Waals surface area contributed by atoms with Crippen LogP contribution in [0.15, 0.2) is 36.4 Å². The fourth-order valence-corrected chi connectivity index (χ4v) is 3.43. The molecule has 0 saturated carbocycles. The molecule has 2 aromatic carbocycles. The number of nitrogens with zero attached hydrogens (tertiary/aromatic N) is 1. The molecule has 21 heavy (non-hydrogen) atoms. The highest BCUT2D eigenvalue weighted by Crippen LogP contribution is 2.31. The molecule has 2 amide bonds. The summed E-state index contributed by atoms with van der Waals surface area (Å²) in [6, 6.07) is 11.3. The molecule has 2 heterocycles. The van der Waals surface area contributed by atoms with Crippen molar-refractivity contribution in [1.82, 2.24) is 10.2 Å². The van der Waals surface area contributed by atoms with Crippen molar-refractivity contribution >= 4 is 22.6 Å². The lowest BCUT2D eigenvalue weighted by Gasteiger charge is -2.36. The first-order chi connectivity index (χ1) is 10.3. The van der Waals surface area contributed by atoms with Gasteiger partial charge in [-0.25, -0.2) is 0 Å². The van der Waals surface area contributed by atoms with Crippen molar-refractivity contribution in [3.63, 3.8) is 0 Å². The van der Waals surface area contributed by atoms with E-state index >= 15 is 0 Å².